The highest BCUT2D eigenvalue weighted by atomic mass is 16.5. The van der Waals surface area contributed by atoms with Crippen molar-refractivity contribution in [3.63, 3.8) is 0 Å². The lowest BCUT2D eigenvalue weighted by atomic mass is 9.89. The van der Waals surface area contributed by atoms with Gasteiger partial charge in [-0.05, 0) is 81.0 Å². The van der Waals surface area contributed by atoms with E-state index in [1.54, 1.807) is 0 Å². The molecule has 0 spiro atoms. The molecule has 1 rings (SSSR count). The van der Waals surface area contributed by atoms with Crippen LogP contribution in [0, 0.1) is 34.6 Å². The predicted molar refractivity (Wildman–Crippen MR) is 75.8 cm³/mol. The van der Waals surface area contributed by atoms with Crippen LogP contribution in [0.25, 0.3) is 6.08 Å². The molecule has 0 radical (unpaired) electrons. The van der Waals surface area contributed by atoms with Crippen LogP contribution in [0.15, 0.2) is 6.08 Å². The van der Waals surface area contributed by atoms with Crippen LogP contribution in [0.1, 0.15) is 40.3 Å². The van der Waals surface area contributed by atoms with Crippen molar-refractivity contribution in [1.82, 2.24) is 0 Å². The Morgan fingerprint density at radius 2 is 1.39 bits per heavy atom. The van der Waals surface area contributed by atoms with Crippen LogP contribution in [-0.2, 0) is 9.53 Å². The van der Waals surface area contributed by atoms with Gasteiger partial charge in [-0.25, -0.2) is 4.79 Å². The van der Waals surface area contributed by atoms with E-state index in [1.165, 1.54) is 33.9 Å². The van der Waals surface area contributed by atoms with Crippen LogP contribution in [-0.4, -0.2) is 12.6 Å². The molecule has 0 aromatic heterocycles. The van der Waals surface area contributed by atoms with E-state index in [9.17, 15) is 4.79 Å². The molecule has 0 amide bonds. The first-order valence-electron chi connectivity index (χ1n) is 6.31. The number of esters is 1. The van der Waals surface area contributed by atoms with Gasteiger partial charge in [0.1, 0.15) is 0 Å². The van der Waals surface area contributed by atoms with E-state index in [0.29, 0.717) is 6.61 Å². The highest BCUT2D eigenvalue weighted by Crippen LogP contribution is 2.26. The summed E-state index contributed by atoms with van der Waals surface area (Å²) in [6, 6.07) is 0. The van der Waals surface area contributed by atoms with Crippen molar-refractivity contribution in [3.05, 3.63) is 39.5 Å². The van der Waals surface area contributed by atoms with Crippen molar-refractivity contribution >= 4 is 12.0 Å². The Balaban J connectivity index is 3.22. The molecule has 2 heteroatoms. The molecule has 98 valence electrons. The van der Waals surface area contributed by atoms with Gasteiger partial charge in [0.25, 0.3) is 0 Å². The summed E-state index contributed by atoms with van der Waals surface area (Å²) in [4.78, 5) is 11.4. The third-order valence-electron chi connectivity index (χ3n) is 3.73. The van der Waals surface area contributed by atoms with Crippen molar-refractivity contribution < 1.29 is 9.53 Å². The van der Waals surface area contributed by atoms with Gasteiger partial charge in [-0.2, -0.15) is 0 Å². The Labute approximate surface area is 110 Å². The maximum absolute atomic E-state index is 11.4. The third kappa shape index (κ3) is 2.81. The minimum Gasteiger partial charge on any atom is -0.463 e. The zero-order chi connectivity index (χ0) is 13.9. The molecule has 0 aliphatic rings. The molecular formula is C16H22O2. The van der Waals surface area contributed by atoms with E-state index in [1.807, 2.05) is 13.0 Å². The average molecular weight is 246 g/mol. The number of ether oxygens (including phenoxy) is 1. The number of rotatable bonds is 3. The topological polar surface area (TPSA) is 26.3 Å². The SMILES string of the molecule is CCOC(=O)/C=C\c1c(C)c(C)c(C)c(C)c1C. The Morgan fingerprint density at radius 3 is 1.83 bits per heavy atom. The number of hydrogen-bond donors (Lipinski definition) is 0. The second-order valence-electron chi connectivity index (χ2n) is 4.62. The van der Waals surface area contributed by atoms with Crippen LogP contribution < -0.4 is 0 Å². The standard InChI is InChI=1S/C16H22O2/c1-7-18-16(17)9-8-15-13(5)11(3)10(2)12(4)14(15)6/h8-9H,7H2,1-6H3/b9-8-. The Kier molecular flexibility index (Phi) is 4.71. The molecule has 0 saturated heterocycles. The predicted octanol–water partition coefficient (Wildman–Crippen LogP) is 3.81. The van der Waals surface area contributed by atoms with Gasteiger partial charge in [-0.15, -0.1) is 0 Å². The van der Waals surface area contributed by atoms with Crippen LogP contribution in [0.5, 0.6) is 0 Å². The summed E-state index contributed by atoms with van der Waals surface area (Å²) in [6.07, 6.45) is 3.37. The van der Waals surface area contributed by atoms with Gasteiger partial charge in [-0.1, -0.05) is 0 Å². The lowest BCUT2D eigenvalue weighted by Gasteiger charge is -2.16. The normalized spacial score (nSPS) is 11.0. The van der Waals surface area contributed by atoms with Gasteiger partial charge in [0, 0.05) is 6.08 Å². The van der Waals surface area contributed by atoms with Gasteiger partial charge < -0.3 is 4.74 Å². The van der Waals surface area contributed by atoms with Crippen molar-refractivity contribution in [2.24, 2.45) is 0 Å². The summed E-state index contributed by atoms with van der Waals surface area (Å²) in [5.74, 6) is -0.285. The van der Waals surface area contributed by atoms with E-state index < -0.39 is 0 Å². The van der Waals surface area contributed by atoms with Gasteiger partial charge >= 0.3 is 5.97 Å². The minimum atomic E-state index is -0.285. The fraction of sp³-hybridized carbons (Fsp3) is 0.438. The monoisotopic (exact) mass is 246 g/mol. The van der Waals surface area contributed by atoms with Crippen LogP contribution in [0.2, 0.25) is 0 Å². The van der Waals surface area contributed by atoms with Crippen LogP contribution in [0.3, 0.4) is 0 Å². The molecule has 0 saturated carbocycles. The maximum Gasteiger partial charge on any atom is 0.330 e. The van der Waals surface area contributed by atoms with Crippen molar-refractivity contribution in [2.45, 2.75) is 41.5 Å². The minimum absolute atomic E-state index is 0.285. The van der Waals surface area contributed by atoms with Gasteiger partial charge in [0.15, 0.2) is 0 Å². The molecule has 0 atom stereocenters. The smallest absolute Gasteiger partial charge is 0.330 e. The molecule has 0 fully saturated rings. The largest absolute Gasteiger partial charge is 0.463 e. The number of benzene rings is 1. The first-order valence-corrected chi connectivity index (χ1v) is 6.31. The summed E-state index contributed by atoms with van der Waals surface area (Å²) in [5.41, 5.74) is 7.51. The fourth-order valence-electron chi connectivity index (χ4n) is 2.12. The Hall–Kier alpha value is -1.57. The number of hydrogen-bond acceptors (Lipinski definition) is 2. The van der Waals surface area contributed by atoms with E-state index in [0.717, 1.165) is 5.56 Å². The zero-order valence-electron chi connectivity index (χ0n) is 12.2. The molecule has 0 N–H and O–H groups in total. The number of carbonyl (C=O) groups is 1. The van der Waals surface area contributed by atoms with E-state index in [4.69, 9.17) is 4.74 Å². The average Bonchev–Trinajstić information content (AvgIpc) is 2.34. The first kappa shape index (κ1) is 14.5. The van der Waals surface area contributed by atoms with E-state index in [-0.39, 0.29) is 5.97 Å². The summed E-state index contributed by atoms with van der Waals surface area (Å²) in [6.45, 7) is 12.8. The molecule has 0 aliphatic heterocycles. The molecule has 0 heterocycles. The summed E-state index contributed by atoms with van der Waals surface area (Å²) < 4.78 is 4.90. The second-order valence-corrected chi connectivity index (χ2v) is 4.62. The van der Waals surface area contributed by atoms with Crippen molar-refractivity contribution in [3.8, 4) is 0 Å². The summed E-state index contributed by atoms with van der Waals surface area (Å²) in [7, 11) is 0. The fourth-order valence-corrected chi connectivity index (χ4v) is 2.12. The van der Waals surface area contributed by atoms with Crippen LogP contribution in [0.4, 0.5) is 0 Å². The van der Waals surface area contributed by atoms with Gasteiger partial charge in [-0.3, -0.25) is 0 Å². The van der Waals surface area contributed by atoms with Crippen LogP contribution >= 0.6 is 0 Å². The van der Waals surface area contributed by atoms with Crippen molar-refractivity contribution in [2.75, 3.05) is 6.61 Å². The Bertz CT molecular complexity index is 467. The van der Waals surface area contributed by atoms with E-state index >= 15 is 0 Å². The van der Waals surface area contributed by atoms with Gasteiger partial charge in [0.2, 0.25) is 0 Å². The molecule has 18 heavy (non-hydrogen) atoms. The zero-order valence-corrected chi connectivity index (χ0v) is 12.2. The maximum atomic E-state index is 11.4. The molecule has 2 nitrogen and oxygen atoms in total. The molecule has 1 aromatic rings. The summed E-state index contributed by atoms with van der Waals surface area (Å²) >= 11 is 0. The third-order valence-corrected chi connectivity index (χ3v) is 3.73. The van der Waals surface area contributed by atoms with E-state index in [2.05, 4.69) is 34.6 Å². The molecule has 0 aliphatic carbocycles. The summed E-state index contributed by atoms with van der Waals surface area (Å²) in [5, 5.41) is 0. The molecular weight excluding hydrogens is 224 g/mol. The second kappa shape index (κ2) is 5.85. The van der Waals surface area contributed by atoms with Gasteiger partial charge in [0.05, 0.1) is 6.61 Å². The Morgan fingerprint density at radius 1 is 0.944 bits per heavy atom. The van der Waals surface area contributed by atoms with Crippen molar-refractivity contribution in [1.29, 1.82) is 0 Å². The highest BCUT2D eigenvalue weighted by Gasteiger charge is 2.10. The number of carbonyl (C=O) groups excluding carboxylic acids is 1. The molecule has 0 unspecified atom stereocenters. The lowest BCUT2D eigenvalue weighted by molar-refractivity contribution is -0.137. The lowest BCUT2D eigenvalue weighted by Crippen LogP contribution is -2.01. The molecule has 1 aromatic carbocycles. The highest BCUT2D eigenvalue weighted by molar-refractivity contribution is 5.87. The molecule has 0 bridgehead atoms. The quantitative estimate of drug-likeness (QED) is 0.599. The first-order chi connectivity index (χ1) is 8.40.